The van der Waals surface area contributed by atoms with Gasteiger partial charge in [-0.3, -0.25) is 4.99 Å². The molecular formula is C22H30IN3O2. The predicted octanol–water partition coefficient (Wildman–Crippen LogP) is 3.73. The van der Waals surface area contributed by atoms with Crippen molar-refractivity contribution in [1.82, 2.24) is 10.6 Å². The molecule has 5 nitrogen and oxygen atoms in total. The molecule has 28 heavy (non-hydrogen) atoms. The third-order valence-electron chi connectivity index (χ3n) is 5.25. The van der Waals surface area contributed by atoms with Crippen LogP contribution in [0.3, 0.4) is 0 Å². The van der Waals surface area contributed by atoms with Gasteiger partial charge in [-0.2, -0.15) is 0 Å². The van der Waals surface area contributed by atoms with Gasteiger partial charge in [0, 0.05) is 38.8 Å². The summed E-state index contributed by atoms with van der Waals surface area (Å²) < 4.78 is 10.9. The lowest BCUT2D eigenvalue weighted by Crippen LogP contribution is -2.47. The number of hydrogen-bond donors (Lipinski definition) is 2. The van der Waals surface area contributed by atoms with Crippen molar-refractivity contribution < 1.29 is 9.47 Å². The molecule has 1 aliphatic heterocycles. The van der Waals surface area contributed by atoms with E-state index in [1.165, 1.54) is 5.56 Å². The fraction of sp³-hybridized carbons (Fsp3) is 0.409. The summed E-state index contributed by atoms with van der Waals surface area (Å²) >= 11 is 0. The van der Waals surface area contributed by atoms with Crippen molar-refractivity contribution in [1.29, 1.82) is 0 Å². The number of guanidine groups is 1. The molecule has 1 saturated heterocycles. The summed E-state index contributed by atoms with van der Waals surface area (Å²) in [6.07, 6.45) is 2.02. The fourth-order valence-corrected chi connectivity index (χ4v) is 3.56. The molecule has 2 N–H and O–H groups in total. The van der Waals surface area contributed by atoms with Gasteiger partial charge in [0.15, 0.2) is 5.96 Å². The number of hydrogen-bond acceptors (Lipinski definition) is 3. The molecule has 0 unspecified atom stereocenters. The fourth-order valence-electron chi connectivity index (χ4n) is 3.56. The van der Waals surface area contributed by atoms with Gasteiger partial charge >= 0.3 is 0 Å². The second kappa shape index (κ2) is 11.3. The summed E-state index contributed by atoms with van der Waals surface area (Å²) in [5.74, 6) is 1.67. The van der Waals surface area contributed by atoms with Gasteiger partial charge in [-0.05, 0) is 36.1 Å². The third kappa shape index (κ3) is 5.85. The summed E-state index contributed by atoms with van der Waals surface area (Å²) in [5.41, 5.74) is 2.60. The molecule has 2 aromatic rings. The molecule has 0 bridgehead atoms. The Labute approximate surface area is 184 Å². The third-order valence-corrected chi connectivity index (χ3v) is 5.25. The van der Waals surface area contributed by atoms with Crippen LogP contribution < -0.4 is 15.4 Å². The first-order valence-corrected chi connectivity index (χ1v) is 9.46. The van der Waals surface area contributed by atoms with E-state index in [0.29, 0.717) is 6.54 Å². The van der Waals surface area contributed by atoms with Crippen molar-refractivity contribution in [2.45, 2.75) is 24.8 Å². The van der Waals surface area contributed by atoms with Gasteiger partial charge in [-0.1, -0.05) is 42.5 Å². The Morgan fingerprint density at radius 3 is 2.50 bits per heavy atom. The molecule has 0 aromatic heterocycles. The maximum atomic E-state index is 5.62. The summed E-state index contributed by atoms with van der Waals surface area (Å²) in [6, 6.07) is 18.8. The van der Waals surface area contributed by atoms with Crippen LogP contribution in [0.1, 0.15) is 24.0 Å². The van der Waals surface area contributed by atoms with Gasteiger partial charge in [-0.15, -0.1) is 24.0 Å². The molecule has 152 valence electrons. The van der Waals surface area contributed by atoms with Crippen molar-refractivity contribution in [3.05, 3.63) is 65.7 Å². The van der Waals surface area contributed by atoms with Gasteiger partial charge in [0.1, 0.15) is 5.75 Å². The standard InChI is InChI=1S/C22H29N3O2.HI/c1-23-21(24-16-18-7-6-10-20(15-18)26-2)25-17-22(11-13-27-14-12-22)19-8-4-3-5-9-19;/h3-10,15H,11-14,16-17H2,1-2H3,(H2,23,24,25);1H. The Bertz CT molecular complexity index is 746. The maximum Gasteiger partial charge on any atom is 0.191 e. The molecule has 6 heteroatoms. The average molecular weight is 495 g/mol. The van der Waals surface area contributed by atoms with Crippen LogP contribution in [0.5, 0.6) is 5.75 Å². The Morgan fingerprint density at radius 1 is 1.07 bits per heavy atom. The van der Waals surface area contributed by atoms with E-state index in [9.17, 15) is 0 Å². The van der Waals surface area contributed by atoms with Crippen LogP contribution in [-0.2, 0) is 16.7 Å². The molecule has 0 radical (unpaired) electrons. The molecular weight excluding hydrogens is 465 g/mol. The topological polar surface area (TPSA) is 54.9 Å². The summed E-state index contributed by atoms with van der Waals surface area (Å²) in [7, 11) is 3.49. The van der Waals surface area contributed by atoms with E-state index in [2.05, 4.69) is 52.0 Å². The number of methoxy groups -OCH3 is 1. The number of rotatable bonds is 6. The van der Waals surface area contributed by atoms with E-state index < -0.39 is 0 Å². The minimum atomic E-state index is 0. The van der Waals surface area contributed by atoms with Crippen LogP contribution in [0, 0.1) is 0 Å². The lowest BCUT2D eigenvalue weighted by atomic mass is 9.74. The highest BCUT2D eigenvalue weighted by molar-refractivity contribution is 14.0. The van der Waals surface area contributed by atoms with Crippen molar-refractivity contribution in [2.75, 3.05) is 33.9 Å². The zero-order valence-electron chi connectivity index (χ0n) is 16.6. The highest BCUT2D eigenvalue weighted by Gasteiger charge is 2.34. The smallest absolute Gasteiger partial charge is 0.191 e. The molecule has 2 aromatic carbocycles. The van der Waals surface area contributed by atoms with Crippen LogP contribution in [0.4, 0.5) is 0 Å². The molecule has 0 aliphatic carbocycles. The first-order valence-electron chi connectivity index (χ1n) is 9.46. The first kappa shape index (κ1) is 22.5. The number of benzene rings is 2. The highest BCUT2D eigenvalue weighted by Crippen LogP contribution is 2.34. The second-order valence-electron chi connectivity index (χ2n) is 6.89. The minimum Gasteiger partial charge on any atom is -0.497 e. The molecule has 0 spiro atoms. The van der Waals surface area contributed by atoms with Crippen molar-refractivity contribution in [3.8, 4) is 5.75 Å². The number of aliphatic imine (C=N–C) groups is 1. The van der Waals surface area contributed by atoms with E-state index in [-0.39, 0.29) is 29.4 Å². The van der Waals surface area contributed by atoms with Crippen LogP contribution in [0.15, 0.2) is 59.6 Å². The zero-order chi connectivity index (χ0) is 19.0. The van der Waals surface area contributed by atoms with E-state index in [1.54, 1.807) is 14.2 Å². The van der Waals surface area contributed by atoms with Gasteiger partial charge in [0.05, 0.1) is 7.11 Å². The van der Waals surface area contributed by atoms with E-state index in [0.717, 1.165) is 49.9 Å². The highest BCUT2D eigenvalue weighted by atomic mass is 127. The van der Waals surface area contributed by atoms with Crippen LogP contribution in [0.25, 0.3) is 0 Å². The monoisotopic (exact) mass is 495 g/mol. The van der Waals surface area contributed by atoms with Crippen LogP contribution >= 0.6 is 24.0 Å². The van der Waals surface area contributed by atoms with Crippen molar-refractivity contribution in [2.24, 2.45) is 4.99 Å². The number of nitrogens with one attached hydrogen (secondary N) is 2. The Kier molecular flexibility index (Phi) is 9.05. The quantitative estimate of drug-likeness (QED) is 0.365. The van der Waals surface area contributed by atoms with Crippen LogP contribution in [0.2, 0.25) is 0 Å². The number of halogens is 1. The van der Waals surface area contributed by atoms with Crippen molar-refractivity contribution >= 4 is 29.9 Å². The lowest BCUT2D eigenvalue weighted by molar-refractivity contribution is 0.0514. The summed E-state index contributed by atoms with van der Waals surface area (Å²) in [4.78, 5) is 4.39. The molecule has 1 heterocycles. The average Bonchev–Trinajstić information content (AvgIpc) is 2.75. The molecule has 1 aliphatic rings. The van der Waals surface area contributed by atoms with E-state index >= 15 is 0 Å². The van der Waals surface area contributed by atoms with Crippen molar-refractivity contribution in [3.63, 3.8) is 0 Å². The predicted molar refractivity (Wildman–Crippen MR) is 125 cm³/mol. The Balaban J connectivity index is 0.00000280. The van der Waals surface area contributed by atoms with Gasteiger partial charge in [0.25, 0.3) is 0 Å². The Hall–Kier alpha value is -1.80. The van der Waals surface area contributed by atoms with E-state index in [1.807, 2.05) is 18.2 Å². The molecule has 1 fully saturated rings. The summed E-state index contributed by atoms with van der Waals surface area (Å²) in [5, 5.41) is 6.93. The minimum absolute atomic E-state index is 0. The summed E-state index contributed by atoms with van der Waals surface area (Å²) in [6.45, 7) is 3.12. The van der Waals surface area contributed by atoms with Crippen LogP contribution in [-0.4, -0.2) is 39.9 Å². The molecule has 0 saturated carbocycles. The zero-order valence-corrected chi connectivity index (χ0v) is 18.9. The molecule has 3 rings (SSSR count). The Morgan fingerprint density at radius 2 is 1.82 bits per heavy atom. The molecule has 0 atom stereocenters. The van der Waals surface area contributed by atoms with E-state index in [4.69, 9.17) is 9.47 Å². The normalized spacial score (nSPS) is 16.0. The molecule has 0 amide bonds. The lowest BCUT2D eigenvalue weighted by Gasteiger charge is -2.38. The number of nitrogens with zero attached hydrogens (tertiary/aromatic N) is 1. The van der Waals surface area contributed by atoms with Gasteiger partial charge in [0.2, 0.25) is 0 Å². The SMILES string of the molecule is CN=C(NCc1cccc(OC)c1)NCC1(c2ccccc2)CCOCC1.I. The maximum absolute atomic E-state index is 5.62. The largest absolute Gasteiger partial charge is 0.497 e. The first-order chi connectivity index (χ1) is 13.3. The second-order valence-corrected chi connectivity index (χ2v) is 6.89. The van der Waals surface area contributed by atoms with Gasteiger partial charge in [-0.25, -0.2) is 0 Å². The van der Waals surface area contributed by atoms with Gasteiger partial charge < -0.3 is 20.1 Å². The number of ether oxygens (including phenoxy) is 2.